The van der Waals surface area contributed by atoms with Crippen LogP contribution in [0.15, 0.2) is 29.3 Å². The van der Waals surface area contributed by atoms with Crippen LogP contribution in [0.5, 0.6) is 5.75 Å². The predicted octanol–water partition coefficient (Wildman–Crippen LogP) is 4.57. The summed E-state index contributed by atoms with van der Waals surface area (Å²) in [7, 11) is 1.65. The van der Waals surface area contributed by atoms with Gasteiger partial charge in [0, 0.05) is 18.7 Å². The fourth-order valence-corrected chi connectivity index (χ4v) is 5.31. The number of amides is 1. The van der Waals surface area contributed by atoms with E-state index in [1.165, 1.54) is 24.6 Å². The number of thioether (sulfide) groups is 1. The lowest BCUT2D eigenvalue weighted by Crippen LogP contribution is -2.33. The molecule has 4 rings (SSSR count). The van der Waals surface area contributed by atoms with Crippen LogP contribution in [0, 0.1) is 6.92 Å². The van der Waals surface area contributed by atoms with Crippen molar-refractivity contribution in [3.63, 3.8) is 0 Å². The van der Waals surface area contributed by atoms with Gasteiger partial charge in [0.25, 0.3) is 0 Å². The molecule has 0 spiro atoms. The van der Waals surface area contributed by atoms with Gasteiger partial charge in [-0.1, -0.05) is 24.6 Å². The number of rotatable bonds is 5. The number of aromatic nitrogens is 3. The average molecular weight is 429 g/mol. The number of thiazole rings is 1. The molecule has 1 saturated heterocycles. The fourth-order valence-electron chi connectivity index (χ4n) is 3.50. The molecule has 6 nitrogen and oxygen atoms in total. The third-order valence-corrected chi connectivity index (χ3v) is 6.96. The Morgan fingerprint density at radius 2 is 1.86 bits per heavy atom. The van der Waals surface area contributed by atoms with Crippen molar-refractivity contribution in [2.75, 3.05) is 26.0 Å². The van der Waals surface area contributed by atoms with Crippen LogP contribution < -0.4 is 4.74 Å². The van der Waals surface area contributed by atoms with Gasteiger partial charge in [0.15, 0.2) is 0 Å². The molecule has 152 valence electrons. The Labute approximate surface area is 178 Å². The Morgan fingerprint density at radius 3 is 2.55 bits per heavy atom. The number of hydrogen-bond acceptors (Lipinski definition) is 7. The zero-order valence-corrected chi connectivity index (χ0v) is 18.3. The van der Waals surface area contributed by atoms with E-state index in [0.717, 1.165) is 63.2 Å². The first-order valence-corrected chi connectivity index (χ1v) is 11.6. The summed E-state index contributed by atoms with van der Waals surface area (Å²) in [6.07, 6.45) is 4.63. The van der Waals surface area contributed by atoms with Gasteiger partial charge in [-0.2, -0.15) is 0 Å². The minimum atomic E-state index is 0.179. The van der Waals surface area contributed by atoms with Gasteiger partial charge in [-0.25, -0.2) is 4.98 Å². The van der Waals surface area contributed by atoms with Crippen molar-refractivity contribution in [3.8, 4) is 17.0 Å². The van der Waals surface area contributed by atoms with E-state index in [-0.39, 0.29) is 5.91 Å². The maximum atomic E-state index is 12.6. The number of fused-ring (bicyclic) bond motifs is 1. The van der Waals surface area contributed by atoms with E-state index in [1.807, 2.05) is 36.1 Å². The number of aryl methyl sites for hydroxylation is 1. The molecule has 0 radical (unpaired) electrons. The smallest absolute Gasteiger partial charge is 0.232 e. The van der Waals surface area contributed by atoms with E-state index in [0.29, 0.717) is 5.75 Å². The Morgan fingerprint density at radius 1 is 1.14 bits per heavy atom. The maximum Gasteiger partial charge on any atom is 0.232 e. The highest BCUT2D eigenvalue weighted by Crippen LogP contribution is 2.35. The van der Waals surface area contributed by atoms with Crippen LogP contribution in [0.2, 0.25) is 0 Å². The molecule has 0 N–H and O–H groups in total. The maximum absolute atomic E-state index is 12.6. The first-order valence-electron chi connectivity index (χ1n) is 9.84. The zero-order chi connectivity index (χ0) is 20.2. The third-order valence-electron chi connectivity index (χ3n) is 5.05. The van der Waals surface area contributed by atoms with Crippen molar-refractivity contribution in [3.05, 3.63) is 29.3 Å². The topological polar surface area (TPSA) is 68.2 Å². The standard InChI is InChI=1S/C21H24N4O2S2/c1-14-22-19-20(29-14)18(15-7-9-16(27-2)10-8-15)23-24-21(19)28-13-17(26)25-11-5-3-4-6-12-25/h7-10H,3-6,11-13H2,1-2H3. The Bertz CT molecular complexity index is 996. The van der Waals surface area contributed by atoms with Crippen LogP contribution in [-0.2, 0) is 4.79 Å². The quantitative estimate of drug-likeness (QED) is 0.555. The van der Waals surface area contributed by atoms with Crippen molar-refractivity contribution in [1.82, 2.24) is 20.1 Å². The highest BCUT2D eigenvalue weighted by molar-refractivity contribution is 8.00. The van der Waals surface area contributed by atoms with Crippen LogP contribution in [0.25, 0.3) is 21.5 Å². The lowest BCUT2D eigenvalue weighted by atomic mass is 10.1. The first kappa shape index (κ1) is 20.1. The first-order chi connectivity index (χ1) is 14.2. The van der Waals surface area contributed by atoms with Gasteiger partial charge >= 0.3 is 0 Å². The Kier molecular flexibility index (Phi) is 6.30. The summed E-state index contributed by atoms with van der Waals surface area (Å²) < 4.78 is 6.25. The summed E-state index contributed by atoms with van der Waals surface area (Å²) in [6, 6.07) is 7.79. The molecule has 0 unspecified atom stereocenters. The average Bonchev–Trinajstić information content (AvgIpc) is 2.95. The molecule has 0 aliphatic carbocycles. The molecule has 0 bridgehead atoms. The number of carbonyl (C=O) groups excluding carboxylic acids is 1. The van der Waals surface area contributed by atoms with Gasteiger partial charge in [0.05, 0.1) is 22.6 Å². The monoisotopic (exact) mass is 428 g/mol. The molecule has 8 heteroatoms. The van der Waals surface area contributed by atoms with Gasteiger partial charge in [-0.05, 0) is 44.0 Å². The fraction of sp³-hybridized carbons (Fsp3) is 0.429. The minimum absolute atomic E-state index is 0.179. The van der Waals surface area contributed by atoms with Gasteiger partial charge in [-0.3, -0.25) is 4.79 Å². The van der Waals surface area contributed by atoms with Crippen molar-refractivity contribution in [1.29, 1.82) is 0 Å². The van der Waals surface area contributed by atoms with E-state index in [1.54, 1.807) is 18.4 Å². The second-order valence-corrected chi connectivity index (χ2v) is 9.24. The van der Waals surface area contributed by atoms with Gasteiger partial charge in [0.1, 0.15) is 22.0 Å². The number of benzene rings is 1. The van der Waals surface area contributed by atoms with Crippen LogP contribution in [0.3, 0.4) is 0 Å². The summed E-state index contributed by atoms with van der Waals surface area (Å²) in [4.78, 5) is 19.3. The molecule has 0 saturated carbocycles. The van der Waals surface area contributed by atoms with Crippen LogP contribution in [0.4, 0.5) is 0 Å². The molecule has 29 heavy (non-hydrogen) atoms. The lowest BCUT2D eigenvalue weighted by molar-refractivity contribution is -0.128. The van der Waals surface area contributed by atoms with Gasteiger partial charge in [-0.15, -0.1) is 21.5 Å². The van der Waals surface area contributed by atoms with E-state index >= 15 is 0 Å². The molecule has 1 aliphatic heterocycles. The van der Waals surface area contributed by atoms with Crippen molar-refractivity contribution < 1.29 is 9.53 Å². The van der Waals surface area contributed by atoms with Crippen LogP contribution in [0.1, 0.15) is 30.7 Å². The predicted molar refractivity (Wildman–Crippen MR) is 118 cm³/mol. The number of nitrogens with zero attached hydrogens (tertiary/aromatic N) is 4. The molecule has 1 aliphatic rings. The summed E-state index contributed by atoms with van der Waals surface area (Å²) >= 11 is 3.05. The number of methoxy groups -OCH3 is 1. The third kappa shape index (κ3) is 4.53. The highest BCUT2D eigenvalue weighted by Gasteiger charge is 2.19. The second kappa shape index (κ2) is 9.09. The van der Waals surface area contributed by atoms with Gasteiger partial charge in [0.2, 0.25) is 5.91 Å². The summed E-state index contributed by atoms with van der Waals surface area (Å²) in [5.74, 6) is 1.36. The minimum Gasteiger partial charge on any atom is -0.497 e. The lowest BCUT2D eigenvalue weighted by Gasteiger charge is -2.19. The molecule has 1 aromatic carbocycles. The molecule has 3 heterocycles. The van der Waals surface area contributed by atoms with Crippen molar-refractivity contribution in [2.45, 2.75) is 37.6 Å². The number of hydrogen-bond donors (Lipinski definition) is 0. The highest BCUT2D eigenvalue weighted by atomic mass is 32.2. The van der Waals surface area contributed by atoms with Gasteiger partial charge < -0.3 is 9.64 Å². The zero-order valence-electron chi connectivity index (χ0n) is 16.7. The number of carbonyl (C=O) groups is 1. The Balaban J connectivity index is 1.57. The molecule has 1 amide bonds. The number of ether oxygens (including phenoxy) is 1. The molecule has 0 atom stereocenters. The molecule has 3 aromatic rings. The summed E-state index contributed by atoms with van der Waals surface area (Å²) in [5, 5.41) is 10.6. The Hall–Kier alpha value is -2.19. The van der Waals surface area contributed by atoms with E-state index in [4.69, 9.17) is 4.74 Å². The van der Waals surface area contributed by atoms with E-state index in [9.17, 15) is 4.79 Å². The van der Waals surface area contributed by atoms with Crippen LogP contribution in [-0.4, -0.2) is 51.9 Å². The van der Waals surface area contributed by atoms with Crippen molar-refractivity contribution >= 4 is 39.2 Å². The summed E-state index contributed by atoms with van der Waals surface area (Å²) in [6.45, 7) is 3.72. The molecular formula is C21H24N4O2S2. The molecule has 2 aromatic heterocycles. The second-order valence-electron chi connectivity index (χ2n) is 7.08. The summed E-state index contributed by atoms with van der Waals surface area (Å²) in [5.41, 5.74) is 2.63. The van der Waals surface area contributed by atoms with Crippen LogP contribution >= 0.6 is 23.1 Å². The SMILES string of the molecule is COc1ccc(-c2nnc(SCC(=O)N3CCCCCC3)c3nc(C)sc23)cc1. The molecular weight excluding hydrogens is 404 g/mol. The largest absolute Gasteiger partial charge is 0.497 e. The normalized spacial score (nSPS) is 14.8. The van der Waals surface area contributed by atoms with Crippen molar-refractivity contribution in [2.24, 2.45) is 0 Å². The van der Waals surface area contributed by atoms with E-state index < -0.39 is 0 Å². The number of likely N-dealkylation sites (tertiary alicyclic amines) is 1. The van der Waals surface area contributed by atoms with E-state index in [2.05, 4.69) is 15.2 Å². The molecule has 1 fully saturated rings.